The first kappa shape index (κ1) is 21.2. The van der Waals surface area contributed by atoms with Gasteiger partial charge >= 0.3 is 0 Å². The lowest BCUT2D eigenvalue weighted by Gasteiger charge is -2.22. The normalized spacial score (nSPS) is 15.6. The Balaban J connectivity index is 0.00000288. The predicted molar refractivity (Wildman–Crippen MR) is 103 cm³/mol. The van der Waals surface area contributed by atoms with E-state index in [1.54, 1.807) is 0 Å². The van der Waals surface area contributed by atoms with Crippen LogP contribution >= 0.6 is 12.4 Å². The fourth-order valence-corrected chi connectivity index (χ4v) is 4.38. The molecule has 0 radical (unpaired) electrons. The highest BCUT2D eigenvalue weighted by Gasteiger charge is 2.23. The molecule has 0 fully saturated rings. The average molecular weight is 373 g/mol. The Morgan fingerprint density at radius 1 is 1.17 bits per heavy atom. The van der Waals surface area contributed by atoms with E-state index in [2.05, 4.69) is 36.9 Å². The van der Waals surface area contributed by atoms with Crippen LogP contribution in [-0.4, -0.2) is 28.1 Å². The summed E-state index contributed by atoms with van der Waals surface area (Å²) in [5.41, 5.74) is 3.93. The summed E-state index contributed by atoms with van der Waals surface area (Å²) in [6.45, 7) is 12.3. The van der Waals surface area contributed by atoms with Crippen LogP contribution in [0.1, 0.15) is 43.9 Å². The molecule has 1 aromatic rings. The predicted octanol–water partition coefficient (Wildman–Crippen LogP) is 3.22. The zero-order valence-electron chi connectivity index (χ0n) is 15.2. The molecule has 0 atom stereocenters. The standard InChI is InChI=1S/C18H28N2O2S.ClH/c1-13-10-16(18(3,4)5)11-14(2)17(13)23(21,22)20-12-15-6-8-19-9-7-15;/h6,10-11,19-20H,7-9,12H2,1-5H3;1H. The molecule has 1 aliphatic heterocycles. The van der Waals surface area contributed by atoms with Crippen molar-refractivity contribution in [2.75, 3.05) is 19.6 Å². The first-order valence-electron chi connectivity index (χ1n) is 8.11. The highest BCUT2D eigenvalue weighted by atomic mass is 35.5. The van der Waals surface area contributed by atoms with Crippen LogP contribution in [0.5, 0.6) is 0 Å². The fraction of sp³-hybridized carbons (Fsp3) is 0.556. The Kier molecular flexibility index (Phi) is 7.05. The highest BCUT2D eigenvalue weighted by Crippen LogP contribution is 2.29. The number of hydrogen-bond donors (Lipinski definition) is 2. The topological polar surface area (TPSA) is 58.2 Å². The Bertz CT molecular complexity index is 696. The van der Waals surface area contributed by atoms with Crippen molar-refractivity contribution in [2.45, 2.75) is 51.3 Å². The van der Waals surface area contributed by atoms with Gasteiger partial charge in [0.1, 0.15) is 0 Å². The van der Waals surface area contributed by atoms with Gasteiger partial charge in [0, 0.05) is 13.1 Å². The van der Waals surface area contributed by atoms with Crippen LogP contribution in [-0.2, 0) is 15.4 Å². The van der Waals surface area contributed by atoms with Gasteiger partial charge in [-0.3, -0.25) is 0 Å². The molecular formula is C18H29ClN2O2S. The minimum atomic E-state index is -3.49. The zero-order chi connectivity index (χ0) is 17.3. The molecule has 4 nitrogen and oxygen atoms in total. The molecule has 0 amide bonds. The number of rotatable bonds is 4. The molecule has 0 aromatic heterocycles. The lowest BCUT2D eigenvalue weighted by atomic mass is 9.85. The van der Waals surface area contributed by atoms with Gasteiger partial charge in [0.15, 0.2) is 0 Å². The van der Waals surface area contributed by atoms with Crippen LogP contribution in [0.25, 0.3) is 0 Å². The second-order valence-electron chi connectivity index (χ2n) is 7.33. The molecule has 24 heavy (non-hydrogen) atoms. The summed E-state index contributed by atoms with van der Waals surface area (Å²) in [5.74, 6) is 0. The van der Waals surface area contributed by atoms with Crippen LogP contribution in [0.15, 0.2) is 28.7 Å². The summed E-state index contributed by atoms with van der Waals surface area (Å²) in [4.78, 5) is 0.417. The zero-order valence-corrected chi connectivity index (χ0v) is 16.8. The molecule has 136 valence electrons. The summed E-state index contributed by atoms with van der Waals surface area (Å²) >= 11 is 0. The SMILES string of the molecule is Cc1cc(C(C)(C)C)cc(C)c1S(=O)(=O)NCC1=CCNCC1.Cl. The van der Waals surface area contributed by atoms with Crippen molar-refractivity contribution in [3.8, 4) is 0 Å². The maximum Gasteiger partial charge on any atom is 0.241 e. The summed E-state index contributed by atoms with van der Waals surface area (Å²) in [7, 11) is -3.49. The van der Waals surface area contributed by atoms with Gasteiger partial charge in [-0.15, -0.1) is 12.4 Å². The molecule has 0 saturated carbocycles. The van der Waals surface area contributed by atoms with E-state index in [4.69, 9.17) is 0 Å². The molecule has 0 unspecified atom stereocenters. The number of hydrogen-bond acceptors (Lipinski definition) is 3. The molecule has 0 bridgehead atoms. The third-order valence-electron chi connectivity index (χ3n) is 4.24. The maximum atomic E-state index is 12.7. The van der Waals surface area contributed by atoms with E-state index in [9.17, 15) is 8.42 Å². The summed E-state index contributed by atoms with van der Waals surface area (Å²) in [6, 6.07) is 3.98. The number of nitrogens with one attached hydrogen (secondary N) is 2. The van der Waals surface area contributed by atoms with Gasteiger partial charge in [-0.1, -0.05) is 44.6 Å². The van der Waals surface area contributed by atoms with E-state index in [1.165, 1.54) is 0 Å². The number of halogens is 1. The summed E-state index contributed by atoms with van der Waals surface area (Å²) in [6.07, 6.45) is 2.96. The Morgan fingerprint density at radius 3 is 2.21 bits per heavy atom. The van der Waals surface area contributed by atoms with Crippen molar-refractivity contribution in [2.24, 2.45) is 0 Å². The second kappa shape index (κ2) is 8.00. The van der Waals surface area contributed by atoms with Crippen molar-refractivity contribution >= 4 is 22.4 Å². The van der Waals surface area contributed by atoms with Gasteiger partial charge < -0.3 is 5.32 Å². The molecular weight excluding hydrogens is 344 g/mol. The quantitative estimate of drug-likeness (QED) is 0.798. The van der Waals surface area contributed by atoms with Crippen LogP contribution in [0.3, 0.4) is 0 Å². The lowest BCUT2D eigenvalue weighted by molar-refractivity contribution is 0.576. The van der Waals surface area contributed by atoms with Crippen LogP contribution in [0.4, 0.5) is 0 Å². The van der Waals surface area contributed by atoms with Crippen LogP contribution in [0, 0.1) is 13.8 Å². The first-order chi connectivity index (χ1) is 10.6. The van der Waals surface area contributed by atoms with E-state index >= 15 is 0 Å². The Labute approximate surface area is 152 Å². The van der Waals surface area contributed by atoms with Crippen molar-refractivity contribution in [1.82, 2.24) is 10.0 Å². The minimum absolute atomic E-state index is 0. The lowest BCUT2D eigenvalue weighted by Crippen LogP contribution is -2.30. The largest absolute Gasteiger partial charge is 0.313 e. The Morgan fingerprint density at radius 2 is 1.75 bits per heavy atom. The molecule has 1 aliphatic rings. The van der Waals surface area contributed by atoms with E-state index in [0.717, 1.165) is 41.8 Å². The number of aryl methyl sites for hydroxylation is 2. The first-order valence-corrected chi connectivity index (χ1v) is 9.59. The van der Waals surface area contributed by atoms with Gasteiger partial charge in [-0.25, -0.2) is 13.1 Å². The summed E-state index contributed by atoms with van der Waals surface area (Å²) < 4.78 is 28.2. The van der Waals surface area contributed by atoms with Crippen molar-refractivity contribution < 1.29 is 8.42 Å². The molecule has 0 spiro atoms. The van der Waals surface area contributed by atoms with Gasteiger partial charge in [0.05, 0.1) is 4.90 Å². The van der Waals surface area contributed by atoms with Gasteiger partial charge in [0.25, 0.3) is 0 Å². The maximum absolute atomic E-state index is 12.7. The van der Waals surface area contributed by atoms with E-state index in [1.807, 2.05) is 26.0 Å². The number of benzene rings is 1. The second-order valence-corrected chi connectivity index (χ2v) is 9.03. The smallest absolute Gasteiger partial charge is 0.241 e. The van der Waals surface area contributed by atoms with E-state index < -0.39 is 10.0 Å². The minimum Gasteiger partial charge on any atom is -0.313 e. The van der Waals surface area contributed by atoms with Crippen molar-refractivity contribution in [3.63, 3.8) is 0 Å². The fourth-order valence-electron chi connectivity index (χ4n) is 2.90. The molecule has 0 aliphatic carbocycles. The van der Waals surface area contributed by atoms with Gasteiger partial charge in [0.2, 0.25) is 10.0 Å². The third kappa shape index (κ3) is 5.06. The molecule has 2 rings (SSSR count). The third-order valence-corrected chi connectivity index (χ3v) is 5.95. The van der Waals surface area contributed by atoms with Crippen molar-refractivity contribution in [1.29, 1.82) is 0 Å². The number of sulfonamides is 1. The van der Waals surface area contributed by atoms with E-state index in [-0.39, 0.29) is 17.8 Å². The molecule has 0 saturated heterocycles. The van der Waals surface area contributed by atoms with E-state index in [0.29, 0.717) is 11.4 Å². The van der Waals surface area contributed by atoms with Crippen LogP contribution in [0.2, 0.25) is 0 Å². The highest BCUT2D eigenvalue weighted by molar-refractivity contribution is 7.89. The molecule has 1 heterocycles. The molecule has 6 heteroatoms. The van der Waals surface area contributed by atoms with Gasteiger partial charge in [-0.05, 0) is 48.9 Å². The van der Waals surface area contributed by atoms with Gasteiger partial charge in [-0.2, -0.15) is 0 Å². The molecule has 2 N–H and O–H groups in total. The Hall–Kier alpha value is -0.880. The van der Waals surface area contributed by atoms with Crippen molar-refractivity contribution in [3.05, 3.63) is 40.5 Å². The van der Waals surface area contributed by atoms with Crippen LogP contribution < -0.4 is 10.0 Å². The summed E-state index contributed by atoms with van der Waals surface area (Å²) in [5, 5.41) is 3.23. The average Bonchev–Trinajstić information content (AvgIpc) is 2.44. The monoisotopic (exact) mass is 372 g/mol. The molecule has 1 aromatic carbocycles.